The Kier molecular flexibility index (Phi) is 16.4. The summed E-state index contributed by atoms with van der Waals surface area (Å²) >= 11 is 0. The van der Waals surface area contributed by atoms with Gasteiger partial charge in [-0.1, -0.05) is 84.1 Å². The lowest BCUT2D eigenvalue weighted by atomic mass is 9.84. The van der Waals surface area contributed by atoms with Crippen LogP contribution in [0, 0.1) is 5.92 Å². The maximum atomic E-state index is 13.0. The number of carbonyl (C=O) groups excluding carboxylic acids is 3. The Morgan fingerprint density at radius 3 is 1.90 bits per heavy atom. The van der Waals surface area contributed by atoms with Gasteiger partial charge in [-0.05, 0) is 117 Å². The molecule has 3 aromatic carbocycles. The molecule has 0 radical (unpaired) electrons. The van der Waals surface area contributed by atoms with Crippen LogP contribution < -0.4 is 14.2 Å². The van der Waals surface area contributed by atoms with Gasteiger partial charge in [-0.15, -0.1) is 0 Å². The standard InChI is InChI=1S/C43H56O7/c1-4-6-8-10-11-12-13-15-29-47-38-25-27-39(28-26-38)49-43(46)37-22-21-36-31-40(24-23-35(36)30-37)50-42(45)34-19-17-33(18-20-34)41(44)48-32(3)16-14-9-7-5-2/h17-20,23-28,31-32,37H,4-16,21-22,29-30H2,1-3H3/t32-,37?/m1/s1. The van der Waals surface area contributed by atoms with Gasteiger partial charge in [0.1, 0.15) is 17.2 Å². The number of aryl methyl sites for hydroxylation is 1. The first kappa shape index (κ1) is 38.7. The number of hydrogen-bond acceptors (Lipinski definition) is 7. The van der Waals surface area contributed by atoms with Gasteiger partial charge in [0, 0.05) is 0 Å². The molecule has 270 valence electrons. The van der Waals surface area contributed by atoms with E-state index in [0.29, 0.717) is 48.5 Å². The van der Waals surface area contributed by atoms with E-state index in [9.17, 15) is 14.4 Å². The van der Waals surface area contributed by atoms with Crippen molar-refractivity contribution in [1.29, 1.82) is 0 Å². The van der Waals surface area contributed by atoms with E-state index in [0.717, 1.165) is 42.6 Å². The van der Waals surface area contributed by atoms with Gasteiger partial charge < -0.3 is 18.9 Å². The van der Waals surface area contributed by atoms with Crippen LogP contribution in [0.15, 0.2) is 66.7 Å². The van der Waals surface area contributed by atoms with Crippen LogP contribution in [0.3, 0.4) is 0 Å². The molecular weight excluding hydrogens is 628 g/mol. The average Bonchev–Trinajstić information content (AvgIpc) is 3.13. The Morgan fingerprint density at radius 2 is 1.22 bits per heavy atom. The molecule has 2 atom stereocenters. The van der Waals surface area contributed by atoms with Gasteiger partial charge in [-0.2, -0.15) is 0 Å². The monoisotopic (exact) mass is 684 g/mol. The summed E-state index contributed by atoms with van der Waals surface area (Å²) in [4.78, 5) is 38.4. The predicted octanol–water partition coefficient (Wildman–Crippen LogP) is 10.7. The van der Waals surface area contributed by atoms with Gasteiger partial charge in [-0.25, -0.2) is 9.59 Å². The maximum Gasteiger partial charge on any atom is 0.343 e. The molecule has 0 N–H and O–H groups in total. The number of carbonyl (C=O) groups is 3. The fraction of sp³-hybridized carbons (Fsp3) is 0.512. The second kappa shape index (κ2) is 21.2. The van der Waals surface area contributed by atoms with Crippen LogP contribution in [0.4, 0.5) is 0 Å². The minimum atomic E-state index is -0.504. The molecule has 0 saturated carbocycles. The number of benzene rings is 3. The highest BCUT2D eigenvalue weighted by atomic mass is 16.5. The van der Waals surface area contributed by atoms with Gasteiger partial charge in [0.05, 0.1) is 29.8 Å². The van der Waals surface area contributed by atoms with E-state index in [1.54, 1.807) is 42.5 Å². The van der Waals surface area contributed by atoms with Crippen molar-refractivity contribution in [3.63, 3.8) is 0 Å². The lowest BCUT2D eigenvalue weighted by Gasteiger charge is -2.23. The Labute approximate surface area is 299 Å². The smallest absolute Gasteiger partial charge is 0.343 e. The van der Waals surface area contributed by atoms with Gasteiger partial charge in [-0.3, -0.25) is 4.79 Å². The maximum absolute atomic E-state index is 13.0. The molecule has 1 aliphatic carbocycles. The quantitative estimate of drug-likeness (QED) is 0.0627. The Balaban J connectivity index is 1.18. The Hall–Kier alpha value is -4.13. The molecule has 0 bridgehead atoms. The topological polar surface area (TPSA) is 88.1 Å². The van der Waals surface area contributed by atoms with Crippen molar-refractivity contribution in [3.05, 3.63) is 89.0 Å². The van der Waals surface area contributed by atoms with Crippen molar-refractivity contribution in [2.75, 3.05) is 6.61 Å². The van der Waals surface area contributed by atoms with E-state index in [4.69, 9.17) is 18.9 Å². The van der Waals surface area contributed by atoms with Crippen LogP contribution >= 0.6 is 0 Å². The van der Waals surface area contributed by atoms with Crippen LogP contribution in [-0.2, 0) is 22.4 Å². The summed E-state index contributed by atoms with van der Waals surface area (Å²) in [6.45, 7) is 7.02. The predicted molar refractivity (Wildman–Crippen MR) is 197 cm³/mol. The lowest BCUT2D eigenvalue weighted by Crippen LogP contribution is -2.26. The van der Waals surface area contributed by atoms with E-state index in [2.05, 4.69) is 13.8 Å². The highest BCUT2D eigenvalue weighted by Crippen LogP contribution is 2.30. The molecule has 1 aliphatic rings. The van der Waals surface area contributed by atoms with Crippen molar-refractivity contribution in [1.82, 2.24) is 0 Å². The van der Waals surface area contributed by atoms with E-state index >= 15 is 0 Å². The van der Waals surface area contributed by atoms with Crippen LogP contribution in [0.1, 0.15) is 143 Å². The SMILES string of the molecule is CCCCCCCCCCOc1ccc(OC(=O)C2CCc3cc(OC(=O)c4ccc(C(=O)O[C@H](C)CCCCCC)cc4)ccc3C2)cc1. The first-order chi connectivity index (χ1) is 24.4. The molecule has 0 heterocycles. The number of rotatable bonds is 21. The fourth-order valence-corrected chi connectivity index (χ4v) is 6.30. The molecule has 3 aromatic rings. The van der Waals surface area contributed by atoms with E-state index in [1.807, 2.05) is 31.2 Å². The van der Waals surface area contributed by atoms with Gasteiger partial charge in [0.15, 0.2) is 0 Å². The number of ether oxygens (including phenoxy) is 4. The molecule has 0 aliphatic heterocycles. The normalized spacial score (nSPS) is 14.3. The Morgan fingerprint density at radius 1 is 0.640 bits per heavy atom. The van der Waals surface area contributed by atoms with Crippen LogP contribution in [-0.4, -0.2) is 30.6 Å². The van der Waals surface area contributed by atoms with Crippen molar-refractivity contribution in [3.8, 4) is 17.2 Å². The summed E-state index contributed by atoms with van der Waals surface area (Å²) in [5, 5.41) is 0. The first-order valence-electron chi connectivity index (χ1n) is 19.0. The van der Waals surface area contributed by atoms with Gasteiger partial charge in [0.25, 0.3) is 0 Å². The molecule has 0 saturated heterocycles. The number of esters is 3. The highest BCUT2D eigenvalue weighted by molar-refractivity contribution is 5.94. The van der Waals surface area contributed by atoms with Crippen molar-refractivity contribution in [2.45, 2.75) is 130 Å². The third-order valence-corrected chi connectivity index (χ3v) is 9.39. The van der Waals surface area contributed by atoms with Crippen molar-refractivity contribution >= 4 is 17.9 Å². The zero-order chi connectivity index (χ0) is 35.6. The van der Waals surface area contributed by atoms with Crippen LogP contribution in [0.25, 0.3) is 0 Å². The van der Waals surface area contributed by atoms with Crippen LogP contribution in [0.2, 0.25) is 0 Å². The summed E-state index contributed by atoms with van der Waals surface area (Å²) in [6, 6.07) is 19.2. The average molecular weight is 685 g/mol. The third kappa shape index (κ3) is 13.0. The second-order valence-electron chi connectivity index (χ2n) is 13.6. The summed E-state index contributed by atoms with van der Waals surface area (Å²) in [5.74, 6) is 0.356. The molecule has 50 heavy (non-hydrogen) atoms. The van der Waals surface area contributed by atoms with Crippen molar-refractivity contribution < 1.29 is 33.3 Å². The molecule has 0 fully saturated rings. The number of unbranched alkanes of at least 4 members (excludes halogenated alkanes) is 10. The third-order valence-electron chi connectivity index (χ3n) is 9.39. The van der Waals surface area contributed by atoms with E-state index < -0.39 is 11.9 Å². The van der Waals surface area contributed by atoms with E-state index in [-0.39, 0.29) is 18.0 Å². The summed E-state index contributed by atoms with van der Waals surface area (Å²) < 4.78 is 22.8. The molecule has 1 unspecified atom stereocenters. The van der Waals surface area contributed by atoms with Gasteiger partial charge >= 0.3 is 17.9 Å². The minimum Gasteiger partial charge on any atom is -0.494 e. The van der Waals surface area contributed by atoms with Gasteiger partial charge in [0.2, 0.25) is 0 Å². The second-order valence-corrected chi connectivity index (χ2v) is 13.6. The molecular formula is C43H56O7. The Bertz CT molecular complexity index is 1480. The lowest BCUT2D eigenvalue weighted by molar-refractivity contribution is -0.139. The largest absolute Gasteiger partial charge is 0.494 e. The first-order valence-corrected chi connectivity index (χ1v) is 19.0. The summed E-state index contributed by atoms with van der Waals surface area (Å²) in [7, 11) is 0. The van der Waals surface area contributed by atoms with E-state index in [1.165, 1.54) is 57.8 Å². The molecule has 7 nitrogen and oxygen atoms in total. The molecule has 0 spiro atoms. The summed E-state index contributed by atoms with van der Waals surface area (Å²) in [5.41, 5.74) is 2.85. The zero-order valence-electron chi connectivity index (χ0n) is 30.4. The summed E-state index contributed by atoms with van der Waals surface area (Å²) in [6.07, 6.45) is 17.2. The van der Waals surface area contributed by atoms with Crippen molar-refractivity contribution in [2.24, 2.45) is 5.92 Å². The molecule has 0 amide bonds. The fourth-order valence-electron chi connectivity index (χ4n) is 6.30. The zero-order valence-corrected chi connectivity index (χ0v) is 30.4. The molecule has 0 aromatic heterocycles. The molecule has 7 heteroatoms. The van der Waals surface area contributed by atoms with Crippen LogP contribution in [0.5, 0.6) is 17.2 Å². The number of hydrogen-bond donors (Lipinski definition) is 0. The molecule has 4 rings (SSSR count). The number of fused-ring (bicyclic) bond motifs is 1. The highest BCUT2D eigenvalue weighted by Gasteiger charge is 2.27. The minimum absolute atomic E-state index is 0.152.